The van der Waals surface area contributed by atoms with E-state index in [-0.39, 0.29) is 26.2 Å². The van der Waals surface area contributed by atoms with Gasteiger partial charge in [0.1, 0.15) is 35.8 Å². The minimum absolute atomic E-state index is 0.0354. The lowest BCUT2D eigenvalue weighted by atomic mass is 9.72. The fourth-order valence-electron chi connectivity index (χ4n) is 5.64. The molecular weight excluding hydrogens is 516 g/mol. The Kier molecular flexibility index (Phi) is 11.5. The predicted molar refractivity (Wildman–Crippen MR) is 139 cm³/mol. The number of amides is 1. The Balaban J connectivity index is 1.85. The molecule has 0 aromatic rings. The van der Waals surface area contributed by atoms with Gasteiger partial charge in [0.05, 0.1) is 37.9 Å². The molecule has 15 heteroatoms. The molecule has 2 aliphatic heterocycles. The van der Waals surface area contributed by atoms with E-state index in [9.17, 15) is 25.2 Å². The van der Waals surface area contributed by atoms with Crippen LogP contribution in [0.25, 0.3) is 0 Å². The first kappa shape index (κ1) is 32.0. The van der Waals surface area contributed by atoms with E-state index in [1.807, 2.05) is 6.08 Å². The summed E-state index contributed by atoms with van der Waals surface area (Å²) in [5.41, 5.74) is 16.9. The molecule has 15 nitrogen and oxygen atoms in total. The molecule has 0 bridgehead atoms. The Morgan fingerprint density at radius 1 is 1.28 bits per heavy atom. The molecule has 1 amide bonds. The number of aliphatic hydroxyl groups excluding tert-OH is 4. The molecule has 0 aromatic carbocycles. The van der Waals surface area contributed by atoms with Gasteiger partial charge in [0, 0.05) is 31.1 Å². The molecular formula is C24H46N6O9. The van der Waals surface area contributed by atoms with Gasteiger partial charge in [-0.15, -0.1) is 0 Å². The van der Waals surface area contributed by atoms with Gasteiger partial charge in [-0.3, -0.25) is 4.79 Å². The highest BCUT2D eigenvalue weighted by Crippen LogP contribution is 2.36. The highest BCUT2D eigenvalue weighted by atomic mass is 16.7. The van der Waals surface area contributed by atoms with Gasteiger partial charge >= 0.3 is 0 Å². The van der Waals surface area contributed by atoms with Crippen LogP contribution in [-0.4, -0.2) is 138 Å². The van der Waals surface area contributed by atoms with Crippen molar-refractivity contribution in [3.05, 3.63) is 11.8 Å². The molecule has 12 atom stereocenters. The molecule has 2 unspecified atom stereocenters. The Morgan fingerprint density at radius 3 is 2.64 bits per heavy atom. The van der Waals surface area contributed by atoms with Crippen LogP contribution in [0.5, 0.6) is 0 Å². The van der Waals surface area contributed by atoms with Crippen molar-refractivity contribution >= 4 is 5.91 Å². The van der Waals surface area contributed by atoms with Gasteiger partial charge in [-0.2, -0.15) is 0 Å². The van der Waals surface area contributed by atoms with E-state index in [0.717, 1.165) is 0 Å². The highest BCUT2D eigenvalue weighted by molar-refractivity contribution is 5.81. The van der Waals surface area contributed by atoms with Crippen molar-refractivity contribution in [3.8, 4) is 0 Å². The summed E-state index contributed by atoms with van der Waals surface area (Å²) < 4.78 is 17.9. The number of ether oxygens (including phenoxy) is 3. The molecule has 0 radical (unpaired) electrons. The van der Waals surface area contributed by atoms with Crippen LogP contribution in [0.3, 0.4) is 0 Å². The second kappa shape index (κ2) is 13.9. The third kappa shape index (κ3) is 7.44. The Labute approximate surface area is 228 Å². The highest BCUT2D eigenvalue weighted by Gasteiger charge is 2.53. The Hall–Kier alpha value is -1.47. The average molecular weight is 563 g/mol. The van der Waals surface area contributed by atoms with Crippen LogP contribution in [0.15, 0.2) is 11.8 Å². The summed E-state index contributed by atoms with van der Waals surface area (Å²) in [6.07, 6.45) is -4.83. The molecule has 1 saturated heterocycles. The second-order valence-corrected chi connectivity index (χ2v) is 10.8. The van der Waals surface area contributed by atoms with Crippen LogP contribution >= 0.6 is 0 Å². The standard InChI is InChI=1S/C24H46N6O9/c1-24(36)10-37-23(18(34)21(24)28-2)39-20-14(30-22(35)15(32)8-25)7-13(27)16(17(20)33)19-12(26)4-3-11(38-19)9-29-5-6-31/h3,12-21,23,28-29,31-34,36H,4-10,25-27H2,1-2H3,(H,30,35)/t12-,13+,14-,15-,16?,17+,18-,19+,20+,21-,23-,24?/m1/s1. The first-order chi connectivity index (χ1) is 18.4. The first-order valence-electron chi connectivity index (χ1n) is 13.3. The number of carbonyl (C=O) groups excluding carboxylic acids is 1. The van der Waals surface area contributed by atoms with Crippen LogP contribution in [0, 0.1) is 5.92 Å². The minimum atomic E-state index is -1.48. The van der Waals surface area contributed by atoms with E-state index >= 15 is 0 Å². The molecule has 0 aromatic heterocycles. The van der Waals surface area contributed by atoms with Gasteiger partial charge in [0.15, 0.2) is 6.29 Å². The molecule has 1 saturated carbocycles. The van der Waals surface area contributed by atoms with E-state index in [0.29, 0.717) is 25.3 Å². The summed E-state index contributed by atoms with van der Waals surface area (Å²) in [5.74, 6) is -0.900. The summed E-state index contributed by atoms with van der Waals surface area (Å²) >= 11 is 0. The van der Waals surface area contributed by atoms with Crippen molar-refractivity contribution in [2.75, 3.05) is 39.9 Å². The van der Waals surface area contributed by atoms with E-state index in [4.69, 9.17) is 36.5 Å². The zero-order chi connectivity index (χ0) is 28.9. The summed E-state index contributed by atoms with van der Waals surface area (Å²) in [6.45, 7) is 1.73. The monoisotopic (exact) mass is 562 g/mol. The minimum Gasteiger partial charge on any atom is -0.492 e. The SMILES string of the molecule is CN[C@@H]1[C@@H](O)[C@@H](O[C@H]2[C@H](NC(=O)[C@H](O)CN)C[C@H](N)C([C@H]3OC(CNCCO)=CC[C@H]3N)[C@@H]2O)OCC1(C)O. The number of hydrogen-bond acceptors (Lipinski definition) is 14. The molecule has 2 heterocycles. The smallest absolute Gasteiger partial charge is 0.250 e. The number of likely N-dealkylation sites (N-methyl/N-ethyl adjacent to an activating group) is 1. The summed E-state index contributed by atoms with van der Waals surface area (Å²) in [6, 6.07) is -2.88. The summed E-state index contributed by atoms with van der Waals surface area (Å²) in [4.78, 5) is 12.5. The Bertz CT molecular complexity index is 836. The van der Waals surface area contributed by atoms with Crippen LogP contribution in [0.2, 0.25) is 0 Å². The van der Waals surface area contributed by atoms with Crippen molar-refractivity contribution in [2.45, 2.75) is 86.3 Å². The number of nitrogens with two attached hydrogens (primary N) is 3. The van der Waals surface area contributed by atoms with E-state index in [1.165, 1.54) is 6.92 Å². The fourth-order valence-corrected chi connectivity index (χ4v) is 5.64. The molecule has 226 valence electrons. The normalized spacial score (nSPS) is 41.8. The van der Waals surface area contributed by atoms with Crippen molar-refractivity contribution in [2.24, 2.45) is 23.1 Å². The predicted octanol–water partition coefficient (Wildman–Crippen LogP) is -5.48. The largest absolute Gasteiger partial charge is 0.492 e. The van der Waals surface area contributed by atoms with Gasteiger partial charge < -0.3 is 72.9 Å². The summed E-state index contributed by atoms with van der Waals surface area (Å²) in [7, 11) is 1.58. The van der Waals surface area contributed by atoms with Gasteiger partial charge in [-0.25, -0.2) is 0 Å². The van der Waals surface area contributed by atoms with Gasteiger partial charge in [-0.05, 0) is 32.9 Å². The first-order valence-corrected chi connectivity index (χ1v) is 13.3. The van der Waals surface area contributed by atoms with Crippen molar-refractivity contribution in [1.82, 2.24) is 16.0 Å². The zero-order valence-electron chi connectivity index (χ0n) is 22.5. The van der Waals surface area contributed by atoms with Crippen LogP contribution in [0.4, 0.5) is 0 Å². The summed E-state index contributed by atoms with van der Waals surface area (Å²) in [5, 5.41) is 60.7. The lowest BCUT2D eigenvalue weighted by molar-refractivity contribution is -0.297. The third-order valence-electron chi connectivity index (χ3n) is 7.73. The number of rotatable bonds is 11. The lowest BCUT2D eigenvalue weighted by Gasteiger charge is -2.50. The maximum absolute atomic E-state index is 12.5. The molecule has 3 rings (SSSR count). The Morgan fingerprint density at radius 2 is 2.00 bits per heavy atom. The maximum atomic E-state index is 12.5. The van der Waals surface area contributed by atoms with Gasteiger partial charge in [-0.1, -0.05) is 0 Å². The van der Waals surface area contributed by atoms with Gasteiger partial charge in [0.2, 0.25) is 5.91 Å². The fraction of sp³-hybridized carbons (Fsp3) is 0.875. The number of hydrogen-bond donors (Lipinski definition) is 11. The van der Waals surface area contributed by atoms with Crippen LogP contribution < -0.4 is 33.2 Å². The van der Waals surface area contributed by atoms with Gasteiger partial charge in [0.25, 0.3) is 0 Å². The molecule has 39 heavy (non-hydrogen) atoms. The van der Waals surface area contributed by atoms with Crippen molar-refractivity contribution in [3.63, 3.8) is 0 Å². The topological polar surface area (TPSA) is 260 Å². The number of carbonyl (C=O) groups is 1. The second-order valence-electron chi connectivity index (χ2n) is 10.8. The van der Waals surface area contributed by atoms with Crippen LogP contribution in [-0.2, 0) is 19.0 Å². The third-order valence-corrected chi connectivity index (χ3v) is 7.73. The molecule has 2 fully saturated rings. The molecule has 1 aliphatic carbocycles. The maximum Gasteiger partial charge on any atom is 0.250 e. The molecule has 0 spiro atoms. The van der Waals surface area contributed by atoms with E-state index in [2.05, 4.69) is 16.0 Å². The van der Waals surface area contributed by atoms with E-state index in [1.54, 1.807) is 7.05 Å². The molecule has 14 N–H and O–H groups in total. The van der Waals surface area contributed by atoms with Crippen molar-refractivity contribution in [1.29, 1.82) is 0 Å². The molecule has 3 aliphatic rings. The lowest BCUT2D eigenvalue weighted by Crippen LogP contribution is -2.69. The number of nitrogens with one attached hydrogen (secondary N) is 3. The quantitative estimate of drug-likeness (QED) is 0.105. The van der Waals surface area contributed by atoms with E-state index < -0.39 is 78.4 Å². The number of aliphatic hydroxyl groups is 5. The van der Waals surface area contributed by atoms with Crippen LogP contribution in [0.1, 0.15) is 19.8 Å². The van der Waals surface area contributed by atoms with Crippen molar-refractivity contribution < 1.29 is 44.5 Å². The zero-order valence-corrected chi connectivity index (χ0v) is 22.5. The average Bonchev–Trinajstić information content (AvgIpc) is 2.88.